The van der Waals surface area contributed by atoms with Crippen molar-refractivity contribution in [3.63, 3.8) is 0 Å². The summed E-state index contributed by atoms with van der Waals surface area (Å²) in [6.07, 6.45) is 0. The molecule has 6 heteroatoms. The number of rotatable bonds is 2. The highest BCUT2D eigenvalue weighted by molar-refractivity contribution is 7.14. The Hall–Kier alpha value is -0.940. The smallest absolute Gasteiger partial charge is 0.271 e. The maximum atomic E-state index is 10.5. The second kappa shape index (κ2) is 3.64. The summed E-state index contributed by atoms with van der Waals surface area (Å²) in [4.78, 5) is 24.8. The number of amides is 1. The summed E-state index contributed by atoms with van der Waals surface area (Å²) < 4.78 is 0. The van der Waals surface area contributed by atoms with E-state index < -0.39 is 5.24 Å². The number of nitrogens with zero attached hydrogens (tertiary/aromatic N) is 1. The quantitative estimate of drug-likeness (QED) is 0.743. The first-order valence-corrected chi connectivity index (χ1v) is 4.28. The van der Waals surface area contributed by atoms with Crippen LogP contribution in [0.25, 0.3) is 0 Å². The van der Waals surface area contributed by atoms with Gasteiger partial charge in [-0.25, -0.2) is 4.98 Å². The van der Waals surface area contributed by atoms with Gasteiger partial charge >= 0.3 is 0 Å². The van der Waals surface area contributed by atoms with Gasteiger partial charge in [0.05, 0.1) is 0 Å². The molecule has 1 aromatic heterocycles. The van der Waals surface area contributed by atoms with Gasteiger partial charge in [-0.3, -0.25) is 9.59 Å². The maximum absolute atomic E-state index is 10.5. The van der Waals surface area contributed by atoms with Gasteiger partial charge in [-0.15, -0.1) is 11.3 Å². The summed E-state index contributed by atoms with van der Waals surface area (Å²) in [7, 11) is 0. The topological polar surface area (TPSA) is 59.1 Å². The van der Waals surface area contributed by atoms with Crippen LogP contribution in [0.3, 0.4) is 0 Å². The molecular weight excluding hydrogens is 200 g/mol. The summed E-state index contributed by atoms with van der Waals surface area (Å²) in [6, 6.07) is 0. The summed E-state index contributed by atoms with van der Waals surface area (Å²) in [5.41, 5.74) is 0.158. The predicted octanol–water partition coefficient (Wildman–Crippen LogP) is 1.48. The fourth-order valence-electron chi connectivity index (χ4n) is 0.572. The highest BCUT2D eigenvalue weighted by Gasteiger charge is 2.07. The lowest BCUT2D eigenvalue weighted by atomic mass is 10.6. The molecule has 0 aromatic carbocycles. The second-order valence-corrected chi connectivity index (χ2v) is 3.19. The zero-order valence-corrected chi connectivity index (χ0v) is 7.70. The molecule has 0 saturated heterocycles. The lowest BCUT2D eigenvalue weighted by Gasteiger charge is -1.91. The zero-order chi connectivity index (χ0) is 9.14. The van der Waals surface area contributed by atoms with Crippen LogP contribution in [0.2, 0.25) is 0 Å². The van der Waals surface area contributed by atoms with E-state index >= 15 is 0 Å². The number of carbonyl (C=O) groups is 2. The van der Waals surface area contributed by atoms with Crippen molar-refractivity contribution in [2.75, 3.05) is 5.32 Å². The van der Waals surface area contributed by atoms with E-state index in [4.69, 9.17) is 11.6 Å². The van der Waals surface area contributed by atoms with Gasteiger partial charge < -0.3 is 5.32 Å². The first-order chi connectivity index (χ1) is 5.59. The first kappa shape index (κ1) is 9.15. The SMILES string of the molecule is CC(=O)Nc1nc(C(=O)Cl)cs1. The maximum Gasteiger partial charge on any atom is 0.271 e. The van der Waals surface area contributed by atoms with Crippen molar-refractivity contribution in [1.82, 2.24) is 4.98 Å². The molecule has 64 valence electrons. The lowest BCUT2D eigenvalue weighted by Crippen LogP contribution is -2.05. The average Bonchev–Trinajstić information content (AvgIpc) is 2.34. The molecule has 0 atom stereocenters. The standard InChI is InChI=1S/C6H5ClN2O2S/c1-3(10)8-6-9-4(2-12-6)5(7)11/h2H,1H3,(H,8,9,10). The Bertz CT molecular complexity index is 323. The van der Waals surface area contributed by atoms with Crippen molar-refractivity contribution >= 4 is 39.2 Å². The Labute approximate surface area is 77.6 Å². The van der Waals surface area contributed by atoms with E-state index in [9.17, 15) is 9.59 Å². The minimum absolute atomic E-state index is 0.158. The number of halogens is 1. The van der Waals surface area contributed by atoms with Crippen LogP contribution in [0.4, 0.5) is 5.13 Å². The molecule has 12 heavy (non-hydrogen) atoms. The monoisotopic (exact) mass is 204 g/mol. The number of hydrogen-bond acceptors (Lipinski definition) is 4. The molecule has 1 amide bonds. The summed E-state index contributed by atoms with van der Waals surface area (Å²) >= 11 is 6.30. The van der Waals surface area contributed by atoms with Gasteiger partial charge in [-0.2, -0.15) is 0 Å². The third-order valence-corrected chi connectivity index (χ3v) is 1.94. The minimum Gasteiger partial charge on any atom is -0.302 e. The third-order valence-electron chi connectivity index (χ3n) is 0.989. The molecule has 4 nitrogen and oxygen atoms in total. The van der Waals surface area contributed by atoms with Gasteiger partial charge in [0.25, 0.3) is 5.24 Å². The molecule has 1 aromatic rings. The van der Waals surface area contributed by atoms with Crippen LogP contribution in [-0.2, 0) is 4.79 Å². The van der Waals surface area contributed by atoms with Gasteiger partial charge in [0.15, 0.2) is 5.13 Å². The summed E-state index contributed by atoms with van der Waals surface area (Å²) in [5, 5.41) is 3.68. The van der Waals surface area contributed by atoms with Crippen LogP contribution in [0.15, 0.2) is 5.38 Å². The van der Waals surface area contributed by atoms with E-state index in [-0.39, 0.29) is 11.6 Å². The molecule has 0 aliphatic heterocycles. The normalized spacial score (nSPS) is 9.50. The number of carbonyl (C=O) groups excluding carboxylic acids is 2. The highest BCUT2D eigenvalue weighted by Crippen LogP contribution is 2.16. The van der Waals surface area contributed by atoms with Crippen molar-refractivity contribution in [1.29, 1.82) is 0 Å². The van der Waals surface area contributed by atoms with E-state index in [1.165, 1.54) is 12.3 Å². The Morgan fingerprint density at radius 2 is 2.33 bits per heavy atom. The van der Waals surface area contributed by atoms with Crippen molar-refractivity contribution in [3.05, 3.63) is 11.1 Å². The number of aromatic nitrogens is 1. The Morgan fingerprint density at radius 1 is 1.67 bits per heavy atom. The van der Waals surface area contributed by atoms with Gasteiger partial charge in [-0.05, 0) is 11.6 Å². The molecule has 1 N–H and O–H groups in total. The molecule has 0 fully saturated rings. The van der Waals surface area contributed by atoms with Crippen molar-refractivity contribution in [2.24, 2.45) is 0 Å². The largest absolute Gasteiger partial charge is 0.302 e. The van der Waals surface area contributed by atoms with Crippen LogP contribution in [0.1, 0.15) is 17.4 Å². The predicted molar refractivity (Wildman–Crippen MR) is 46.6 cm³/mol. The first-order valence-electron chi connectivity index (χ1n) is 3.02. The zero-order valence-electron chi connectivity index (χ0n) is 6.13. The van der Waals surface area contributed by atoms with Crippen LogP contribution in [0.5, 0.6) is 0 Å². The molecular formula is C6H5ClN2O2S. The average molecular weight is 205 g/mol. The molecule has 0 saturated carbocycles. The molecule has 0 aliphatic carbocycles. The molecule has 0 spiro atoms. The third kappa shape index (κ3) is 2.28. The summed E-state index contributed by atoms with van der Waals surface area (Å²) in [5.74, 6) is -0.224. The fourth-order valence-corrected chi connectivity index (χ4v) is 1.47. The van der Waals surface area contributed by atoms with E-state index in [1.54, 1.807) is 0 Å². The second-order valence-electron chi connectivity index (χ2n) is 1.99. The molecule has 1 heterocycles. The van der Waals surface area contributed by atoms with E-state index in [0.717, 1.165) is 11.3 Å². The number of anilines is 1. The Balaban J connectivity index is 2.77. The van der Waals surface area contributed by atoms with Gasteiger partial charge in [0.1, 0.15) is 5.69 Å². The highest BCUT2D eigenvalue weighted by atomic mass is 35.5. The Morgan fingerprint density at radius 3 is 2.75 bits per heavy atom. The van der Waals surface area contributed by atoms with E-state index in [1.807, 2.05) is 0 Å². The molecule has 0 aliphatic rings. The summed E-state index contributed by atoms with van der Waals surface area (Å²) in [6.45, 7) is 1.36. The number of thiazole rings is 1. The van der Waals surface area contributed by atoms with Gasteiger partial charge in [-0.1, -0.05) is 0 Å². The number of nitrogens with one attached hydrogen (secondary N) is 1. The van der Waals surface area contributed by atoms with Crippen molar-refractivity contribution < 1.29 is 9.59 Å². The van der Waals surface area contributed by atoms with Crippen LogP contribution < -0.4 is 5.32 Å². The van der Waals surface area contributed by atoms with Crippen molar-refractivity contribution in [3.8, 4) is 0 Å². The lowest BCUT2D eigenvalue weighted by molar-refractivity contribution is -0.114. The molecule has 0 radical (unpaired) electrons. The van der Waals surface area contributed by atoms with Crippen LogP contribution in [0, 0.1) is 0 Å². The van der Waals surface area contributed by atoms with Gasteiger partial charge in [0.2, 0.25) is 5.91 Å². The van der Waals surface area contributed by atoms with Crippen molar-refractivity contribution in [2.45, 2.75) is 6.92 Å². The molecule has 1 rings (SSSR count). The van der Waals surface area contributed by atoms with Crippen LogP contribution >= 0.6 is 22.9 Å². The minimum atomic E-state index is -0.622. The van der Waals surface area contributed by atoms with E-state index in [0.29, 0.717) is 5.13 Å². The number of hydrogen-bond donors (Lipinski definition) is 1. The van der Waals surface area contributed by atoms with Gasteiger partial charge in [0, 0.05) is 12.3 Å². The Kier molecular flexibility index (Phi) is 2.78. The molecule has 0 bridgehead atoms. The fraction of sp³-hybridized carbons (Fsp3) is 0.167. The van der Waals surface area contributed by atoms with Crippen LogP contribution in [-0.4, -0.2) is 16.1 Å². The molecule has 0 unspecified atom stereocenters. The van der Waals surface area contributed by atoms with E-state index in [2.05, 4.69) is 10.3 Å².